The van der Waals surface area contributed by atoms with Gasteiger partial charge in [-0.1, -0.05) is 60.7 Å². The summed E-state index contributed by atoms with van der Waals surface area (Å²) in [5, 5.41) is 9.46. The van der Waals surface area contributed by atoms with E-state index in [9.17, 15) is 14.7 Å². The molecule has 2 bridgehead atoms. The van der Waals surface area contributed by atoms with Gasteiger partial charge in [0, 0.05) is 18.4 Å². The molecule has 2 unspecified atom stereocenters. The van der Waals surface area contributed by atoms with Crippen molar-refractivity contribution in [2.24, 2.45) is 11.8 Å². The molecular weight excluding hydrogens is 350 g/mol. The largest absolute Gasteiger partial charge is 0.481 e. The highest BCUT2D eigenvalue weighted by Gasteiger charge is 2.52. The number of carbonyl (C=O) groups excluding carboxylic acids is 1. The molecule has 0 spiro atoms. The molecule has 1 N–H and O–H groups in total. The van der Waals surface area contributed by atoms with Crippen LogP contribution < -0.4 is 0 Å². The summed E-state index contributed by atoms with van der Waals surface area (Å²) in [7, 11) is 0. The highest BCUT2D eigenvalue weighted by Crippen LogP contribution is 2.41. The predicted octanol–water partition coefficient (Wildman–Crippen LogP) is 3.21. The van der Waals surface area contributed by atoms with E-state index in [2.05, 4.69) is 29.2 Å². The Morgan fingerprint density at radius 3 is 2.00 bits per heavy atom. The molecule has 26 heavy (non-hydrogen) atoms. The molecule has 3 fully saturated rings. The van der Waals surface area contributed by atoms with Gasteiger partial charge in [-0.15, -0.1) is 12.4 Å². The molecular formula is C21H22ClNO3. The summed E-state index contributed by atoms with van der Waals surface area (Å²) in [6.07, 6.45) is 0.655. The van der Waals surface area contributed by atoms with Gasteiger partial charge in [0.15, 0.2) is 5.78 Å². The van der Waals surface area contributed by atoms with Crippen LogP contribution in [0.1, 0.15) is 23.5 Å². The summed E-state index contributed by atoms with van der Waals surface area (Å²) >= 11 is 0. The second-order valence-electron chi connectivity index (χ2n) is 6.98. The molecule has 5 heteroatoms. The first-order valence-electron chi connectivity index (χ1n) is 8.77. The Labute approximate surface area is 159 Å². The lowest BCUT2D eigenvalue weighted by atomic mass is 9.69. The Morgan fingerprint density at radius 2 is 1.54 bits per heavy atom. The maximum atomic E-state index is 13.2. The number of halogens is 1. The first-order chi connectivity index (χ1) is 12.2. The molecule has 2 aromatic rings. The van der Waals surface area contributed by atoms with Crippen molar-refractivity contribution in [2.75, 3.05) is 13.1 Å². The Morgan fingerprint density at radius 1 is 1.00 bits per heavy atom. The summed E-state index contributed by atoms with van der Waals surface area (Å²) in [5.41, 5.74) is 2.21. The lowest BCUT2D eigenvalue weighted by molar-refractivity contribution is -0.159. The normalized spacial score (nSPS) is 27.2. The molecule has 136 valence electrons. The number of piperidine rings is 3. The van der Waals surface area contributed by atoms with Crippen LogP contribution in [0.2, 0.25) is 0 Å². The van der Waals surface area contributed by atoms with E-state index in [1.807, 2.05) is 36.4 Å². The molecule has 2 aromatic carbocycles. The molecule has 0 amide bonds. The number of rotatable bonds is 4. The Kier molecular flexibility index (Phi) is 5.44. The van der Waals surface area contributed by atoms with Crippen molar-refractivity contribution in [3.63, 3.8) is 0 Å². The highest BCUT2D eigenvalue weighted by atomic mass is 35.5. The monoisotopic (exact) mass is 371 g/mol. The van der Waals surface area contributed by atoms with E-state index < -0.39 is 11.9 Å². The fourth-order valence-corrected chi connectivity index (χ4v) is 4.47. The number of fused-ring (bicyclic) bond motifs is 3. The molecule has 3 saturated heterocycles. The number of hydrogen-bond acceptors (Lipinski definition) is 3. The van der Waals surface area contributed by atoms with Crippen LogP contribution in [0.25, 0.3) is 0 Å². The van der Waals surface area contributed by atoms with Gasteiger partial charge in [0.05, 0.1) is 12.0 Å². The molecule has 0 aliphatic carbocycles. The minimum absolute atomic E-state index is 0. The molecule has 4 atom stereocenters. The summed E-state index contributed by atoms with van der Waals surface area (Å²) in [4.78, 5) is 26.8. The first-order valence-corrected chi connectivity index (χ1v) is 8.77. The van der Waals surface area contributed by atoms with Crippen molar-refractivity contribution < 1.29 is 14.7 Å². The van der Waals surface area contributed by atoms with Crippen LogP contribution in [0, 0.1) is 11.8 Å². The topological polar surface area (TPSA) is 57.6 Å². The number of ketones is 1. The summed E-state index contributed by atoms with van der Waals surface area (Å²) < 4.78 is 0. The number of Topliss-reactive ketones (excluding diaryl/α,β-unsaturated/α-hetero) is 1. The maximum Gasteiger partial charge on any atom is 0.308 e. The molecule has 4 nitrogen and oxygen atoms in total. The van der Waals surface area contributed by atoms with Gasteiger partial charge in [-0.3, -0.25) is 14.5 Å². The zero-order chi connectivity index (χ0) is 17.4. The Bertz CT molecular complexity index is 741. The molecule has 3 aliphatic rings. The number of nitrogens with zero attached hydrogens (tertiary/aromatic N) is 1. The summed E-state index contributed by atoms with van der Waals surface area (Å²) in [6.45, 7) is 1.26. The second-order valence-corrected chi connectivity index (χ2v) is 6.98. The SMILES string of the molecule is Cl.O=C(O)[C@@H]1CN2CC[C@H]1C(=O)C2C(c1ccccc1)c1ccccc1. The van der Waals surface area contributed by atoms with Crippen molar-refractivity contribution in [2.45, 2.75) is 18.4 Å². The standard InChI is InChI=1S/C21H21NO3.ClH/c23-20-16-11-12-22(13-17(16)21(24)25)19(20)18(14-7-3-1-4-8-14)15-9-5-2-6-10-15;/h1-10,16-19H,11-13H2,(H,24,25);1H/t16-,17-,19?;/m1./s1. The molecule has 5 rings (SSSR count). The third-order valence-electron chi connectivity index (χ3n) is 5.64. The van der Waals surface area contributed by atoms with Crippen molar-refractivity contribution >= 4 is 24.2 Å². The van der Waals surface area contributed by atoms with Crippen LogP contribution in [0.3, 0.4) is 0 Å². The van der Waals surface area contributed by atoms with E-state index in [-0.39, 0.29) is 36.1 Å². The van der Waals surface area contributed by atoms with Crippen LogP contribution >= 0.6 is 12.4 Å². The van der Waals surface area contributed by atoms with E-state index in [0.717, 1.165) is 17.7 Å². The minimum atomic E-state index is -0.850. The van der Waals surface area contributed by atoms with Crippen LogP contribution in [0.5, 0.6) is 0 Å². The maximum absolute atomic E-state index is 13.2. The number of carboxylic acids is 1. The van der Waals surface area contributed by atoms with E-state index in [4.69, 9.17) is 0 Å². The van der Waals surface area contributed by atoms with Crippen molar-refractivity contribution in [1.29, 1.82) is 0 Å². The van der Waals surface area contributed by atoms with Gasteiger partial charge >= 0.3 is 5.97 Å². The number of carboxylic acid groups (broad SMARTS) is 1. The number of hydrogen-bond donors (Lipinski definition) is 1. The number of aliphatic carboxylic acids is 1. The quantitative estimate of drug-likeness (QED) is 0.896. The van der Waals surface area contributed by atoms with E-state index in [0.29, 0.717) is 13.0 Å². The summed E-state index contributed by atoms with van der Waals surface area (Å²) in [6, 6.07) is 19.9. The van der Waals surface area contributed by atoms with Gasteiger partial charge in [0.2, 0.25) is 0 Å². The van der Waals surface area contributed by atoms with Crippen LogP contribution in [0.15, 0.2) is 60.7 Å². The first kappa shape index (κ1) is 18.6. The number of benzene rings is 2. The second kappa shape index (κ2) is 7.60. The van der Waals surface area contributed by atoms with E-state index in [1.165, 1.54) is 0 Å². The van der Waals surface area contributed by atoms with Gasteiger partial charge in [0.1, 0.15) is 0 Å². The van der Waals surface area contributed by atoms with Crippen molar-refractivity contribution in [1.82, 2.24) is 4.90 Å². The average Bonchev–Trinajstić information content (AvgIpc) is 2.66. The zero-order valence-electron chi connectivity index (χ0n) is 14.3. The molecule has 0 aromatic heterocycles. The van der Waals surface area contributed by atoms with Crippen molar-refractivity contribution in [3.8, 4) is 0 Å². The minimum Gasteiger partial charge on any atom is -0.481 e. The van der Waals surface area contributed by atoms with Crippen LogP contribution in [-0.2, 0) is 9.59 Å². The van der Waals surface area contributed by atoms with Gasteiger partial charge in [0.25, 0.3) is 0 Å². The lowest BCUT2D eigenvalue weighted by Crippen LogP contribution is -2.62. The Hall–Kier alpha value is -2.17. The van der Waals surface area contributed by atoms with Crippen LogP contribution in [-0.4, -0.2) is 40.9 Å². The zero-order valence-corrected chi connectivity index (χ0v) is 15.1. The third kappa shape index (κ3) is 3.15. The predicted molar refractivity (Wildman–Crippen MR) is 102 cm³/mol. The Balaban J connectivity index is 0.00000196. The van der Waals surface area contributed by atoms with E-state index >= 15 is 0 Å². The molecule has 3 aliphatic heterocycles. The molecule has 3 heterocycles. The fraction of sp³-hybridized carbons (Fsp3) is 0.333. The van der Waals surface area contributed by atoms with Crippen LogP contribution in [0.4, 0.5) is 0 Å². The molecule has 0 saturated carbocycles. The number of carbonyl (C=O) groups is 2. The molecule has 0 radical (unpaired) electrons. The van der Waals surface area contributed by atoms with E-state index in [1.54, 1.807) is 0 Å². The third-order valence-corrected chi connectivity index (χ3v) is 5.64. The summed E-state index contributed by atoms with van der Waals surface area (Å²) in [5.74, 6) is -1.75. The smallest absolute Gasteiger partial charge is 0.308 e. The van der Waals surface area contributed by atoms with Gasteiger partial charge in [-0.25, -0.2) is 0 Å². The highest BCUT2D eigenvalue weighted by molar-refractivity contribution is 5.93. The fourth-order valence-electron chi connectivity index (χ4n) is 4.47. The van der Waals surface area contributed by atoms with Gasteiger partial charge < -0.3 is 5.11 Å². The van der Waals surface area contributed by atoms with Gasteiger partial charge in [-0.05, 0) is 24.1 Å². The van der Waals surface area contributed by atoms with Gasteiger partial charge in [-0.2, -0.15) is 0 Å². The average molecular weight is 372 g/mol. The van der Waals surface area contributed by atoms with Crippen molar-refractivity contribution in [3.05, 3.63) is 71.8 Å². The lowest BCUT2D eigenvalue weighted by Gasteiger charge is -2.49.